The lowest BCUT2D eigenvalue weighted by Gasteiger charge is -2.34. The highest BCUT2D eigenvalue weighted by Crippen LogP contribution is 2.35. The summed E-state index contributed by atoms with van der Waals surface area (Å²) in [6.07, 6.45) is 4.80. The van der Waals surface area contributed by atoms with Crippen LogP contribution in [0.4, 0.5) is 0 Å². The lowest BCUT2D eigenvalue weighted by atomic mass is 9.94. The lowest BCUT2D eigenvalue weighted by Crippen LogP contribution is -2.49. The molecule has 1 atom stereocenters. The minimum atomic E-state index is -0.468. The van der Waals surface area contributed by atoms with E-state index in [-0.39, 0.29) is 17.7 Å². The zero-order valence-corrected chi connectivity index (χ0v) is 18.8. The summed E-state index contributed by atoms with van der Waals surface area (Å²) in [6.45, 7) is 1.74. The Kier molecular flexibility index (Phi) is 6.34. The van der Waals surface area contributed by atoms with Gasteiger partial charge >= 0.3 is 0 Å². The third kappa shape index (κ3) is 3.95. The minimum absolute atomic E-state index is 0.0216. The minimum Gasteiger partial charge on any atom is -0.368 e. The molecule has 0 saturated carbocycles. The molecule has 0 radical (unpaired) electrons. The van der Waals surface area contributed by atoms with Gasteiger partial charge in [0.1, 0.15) is 6.04 Å². The molecule has 1 aromatic heterocycles. The van der Waals surface area contributed by atoms with Crippen LogP contribution in [0.15, 0.2) is 24.3 Å². The van der Waals surface area contributed by atoms with Crippen LogP contribution >= 0.6 is 23.1 Å². The fourth-order valence-corrected chi connectivity index (χ4v) is 6.46. The number of primary amides is 1. The molecular formula is C22H27N3O3S2. The number of benzene rings is 1. The number of hydrogen-bond acceptors (Lipinski definition) is 5. The summed E-state index contributed by atoms with van der Waals surface area (Å²) in [6, 6.07) is 7.71. The SMILES string of the molecule is CSCc1c(C(=O)N2CCC(C(=O)N3CCCC3C(N)=O)CC2)sc2ccccc12. The Labute approximate surface area is 184 Å². The zero-order valence-electron chi connectivity index (χ0n) is 17.1. The smallest absolute Gasteiger partial charge is 0.264 e. The summed E-state index contributed by atoms with van der Waals surface area (Å²) in [4.78, 5) is 42.2. The maximum atomic E-state index is 13.3. The quantitative estimate of drug-likeness (QED) is 0.767. The number of hydrogen-bond donors (Lipinski definition) is 1. The molecule has 0 aliphatic carbocycles. The fourth-order valence-electron chi connectivity index (χ4n) is 4.59. The number of piperidine rings is 1. The summed E-state index contributed by atoms with van der Waals surface area (Å²) in [5, 5.41) is 1.16. The van der Waals surface area contributed by atoms with Gasteiger partial charge in [-0.15, -0.1) is 11.3 Å². The van der Waals surface area contributed by atoms with Gasteiger partial charge in [-0.2, -0.15) is 11.8 Å². The molecule has 1 aromatic carbocycles. The zero-order chi connectivity index (χ0) is 21.3. The van der Waals surface area contributed by atoms with Crippen molar-refractivity contribution in [3.8, 4) is 0 Å². The topological polar surface area (TPSA) is 83.7 Å². The number of carbonyl (C=O) groups is 3. The van der Waals surface area contributed by atoms with Gasteiger partial charge in [0.05, 0.1) is 4.88 Å². The van der Waals surface area contributed by atoms with Crippen LogP contribution < -0.4 is 5.73 Å². The number of nitrogens with two attached hydrogens (primary N) is 1. The Morgan fingerprint density at radius 3 is 2.57 bits per heavy atom. The number of carbonyl (C=O) groups excluding carboxylic acids is 3. The maximum absolute atomic E-state index is 13.3. The van der Waals surface area contributed by atoms with Crippen LogP contribution in [-0.2, 0) is 15.3 Å². The number of fused-ring (bicyclic) bond motifs is 1. The van der Waals surface area contributed by atoms with Crippen molar-refractivity contribution < 1.29 is 14.4 Å². The van der Waals surface area contributed by atoms with Crippen molar-refractivity contribution in [3.05, 3.63) is 34.7 Å². The summed E-state index contributed by atoms with van der Waals surface area (Å²) >= 11 is 3.29. The van der Waals surface area contributed by atoms with E-state index in [0.29, 0.717) is 38.9 Å². The van der Waals surface area contributed by atoms with E-state index < -0.39 is 11.9 Å². The highest BCUT2D eigenvalue weighted by atomic mass is 32.2. The molecular weight excluding hydrogens is 418 g/mol. The van der Waals surface area contributed by atoms with Crippen molar-refractivity contribution in [1.29, 1.82) is 0 Å². The molecule has 3 heterocycles. The van der Waals surface area contributed by atoms with E-state index in [9.17, 15) is 14.4 Å². The van der Waals surface area contributed by atoms with Gasteiger partial charge < -0.3 is 15.5 Å². The van der Waals surface area contributed by atoms with Crippen LogP contribution in [0.2, 0.25) is 0 Å². The normalized spacial score (nSPS) is 20.1. The third-order valence-electron chi connectivity index (χ3n) is 6.18. The van der Waals surface area contributed by atoms with Crippen molar-refractivity contribution in [3.63, 3.8) is 0 Å². The summed E-state index contributed by atoms with van der Waals surface area (Å²) in [7, 11) is 0. The first-order valence-electron chi connectivity index (χ1n) is 10.4. The lowest BCUT2D eigenvalue weighted by molar-refractivity contribution is -0.141. The molecule has 2 fully saturated rings. The molecule has 6 nitrogen and oxygen atoms in total. The molecule has 0 spiro atoms. The standard InChI is InChI=1S/C22H27N3O3S2/c1-29-13-16-15-5-2-3-7-18(15)30-19(16)22(28)24-11-8-14(9-12-24)21(27)25-10-4-6-17(25)20(23)26/h2-3,5,7,14,17H,4,6,8-13H2,1H3,(H2,23,26). The Hall–Kier alpha value is -2.06. The van der Waals surface area contributed by atoms with Crippen molar-refractivity contribution in [1.82, 2.24) is 9.80 Å². The molecule has 160 valence electrons. The number of thioether (sulfide) groups is 1. The van der Waals surface area contributed by atoms with Crippen LogP contribution in [0.3, 0.4) is 0 Å². The van der Waals surface area contributed by atoms with E-state index >= 15 is 0 Å². The highest BCUT2D eigenvalue weighted by Gasteiger charge is 2.38. The second-order valence-corrected chi connectivity index (χ2v) is 9.92. The second-order valence-electron chi connectivity index (χ2n) is 8.00. The first-order valence-corrected chi connectivity index (χ1v) is 12.6. The van der Waals surface area contributed by atoms with Crippen LogP contribution in [0.25, 0.3) is 10.1 Å². The number of thiophene rings is 1. The number of rotatable bonds is 5. The predicted octanol–water partition coefficient (Wildman–Crippen LogP) is 3.09. The molecule has 4 rings (SSSR count). The van der Waals surface area contributed by atoms with Crippen molar-refractivity contribution in [2.75, 3.05) is 25.9 Å². The summed E-state index contributed by atoms with van der Waals surface area (Å²) in [5.74, 6) is 0.348. The Morgan fingerprint density at radius 2 is 1.87 bits per heavy atom. The average Bonchev–Trinajstić information content (AvgIpc) is 3.39. The van der Waals surface area contributed by atoms with E-state index in [0.717, 1.165) is 32.7 Å². The van der Waals surface area contributed by atoms with Crippen molar-refractivity contribution in [2.45, 2.75) is 37.5 Å². The molecule has 2 aliphatic heterocycles. The molecule has 2 aliphatic rings. The summed E-state index contributed by atoms with van der Waals surface area (Å²) in [5.41, 5.74) is 6.58. The molecule has 8 heteroatoms. The second kappa shape index (κ2) is 8.98. The van der Waals surface area contributed by atoms with Gasteiger partial charge in [0, 0.05) is 36.0 Å². The van der Waals surface area contributed by atoms with Gasteiger partial charge in [0.15, 0.2) is 0 Å². The predicted molar refractivity (Wildman–Crippen MR) is 122 cm³/mol. The van der Waals surface area contributed by atoms with E-state index in [1.165, 1.54) is 0 Å². The molecule has 30 heavy (non-hydrogen) atoms. The van der Waals surface area contributed by atoms with Crippen molar-refractivity contribution >= 4 is 50.9 Å². The Morgan fingerprint density at radius 1 is 1.13 bits per heavy atom. The van der Waals surface area contributed by atoms with Gasteiger partial charge in [-0.05, 0) is 49.0 Å². The molecule has 3 amide bonds. The maximum Gasteiger partial charge on any atom is 0.264 e. The number of amides is 3. The summed E-state index contributed by atoms with van der Waals surface area (Å²) < 4.78 is 1.14. The van der Waals surface area contributed by atoms with Crippen LogP contribution in [0.5, 0.6) is 0 Å². The van der Waals surface area contributed by atoms with E-state index in [2.05, 4.69) is 18.4 Å². The fraction of sp³-hybridized carbons (Fsp3) is 0.500. The number of likely N-dealkylation sites (tertiary alicyclic amines) is 2. The van der Waals surface area contributed by atoms with Gasteiger partial charge in [-0.25, -0.2) is 0 Å². The van der Waals surface area contributed by atoms with Crippen LogP contribution in [-0.4, -0.2) is 59.5 Å². The van der Waals surface area contributed by atoms with Gasteiger partial charge in [-0.3, -0.25) is 14.4 Å². The Bertz CT molecular complexity index is 966. The first-order chi connectivity index (χ1) is 14.5. The molecule has 0 bridgehead atoms. The molecule has 1 unspecified atom stereocenters. The third-order valence-corrected chi connectivity index (χ3v) is 7.96. The first kappa shape index (κ1) is 21.2. The van der Waals surface area contributed by atoms with Gasteiger partial charge in [-0.1, -0.05) is 18.2 Å². The highest BCUT2D eigenvalue weighted by molar-refractivity contribution is 7.97. The largest absolute Gasteiger partial charge is 0.368 e. The van der Waals surface area contributed by atoms with Gasteiger partial charge in [0.2, 0.25) is 11.8 Å². The average molecular weight is 446 g/mol. The van der Waals surface area contributed by atoms with E-state index in [4.69, 9.17) is 5.73 Å². The van der Waals surface area contributed by atoms with Crippen molar-refractivity contribution in [2.24, 2.45) is 11.7 Å². The number of nitrogens with zero attached hydrogens (tertiary/aromatic N) is 2. The molecule has 2 N–H and O–H groups in total. The van der Waals surface area contributed by atoms with E-state index in [1.54, 1.807) is 28.0 Å². The monoisotopic (exact) mass is 445 g/mol. The van der Waals surface area contributed by atoms with Crippen LogP contribution in [0.1, 0.15) is 40.9 Å². The molecule has 2 aromatic rings. The van der Waals surface area contributed by atoms with Crippen LogP contribution in [0, 0.1) is 5.92 Å². The molecule has 2 saturated heterocycles. The van der Waals surface area contributed by atoms with E-state index in [1.807, 2.05) is 17.0 Å². The Balaban J connectivity index is 1.45. The van der Waals surface area contributed by atoms with Gasteiger partial charge in [0.25, 0.3) is 5.91 Å².